The van der Waals surface area contributed by atoms with Crippen LogP contribution in [0.3, 0.4) is 0 Å². The molecule has 0 aromatic heterocycles. The minimum absolute atomic E-state index is 0.0224. The van der Waals surface area contributed by atoms with Crippen molar-refractivity contribution in [2.75, 3.05) is 5.32 Å². The maximum absolute atomic E-state index is 13.6. The molecule has 102 valence electrons. The van der Waals surface area contributed by atoms with Crippen molar-refractivity contribution >= 4 is 40.5 Å². The molecule has 0 radical (unpaired) electrons. The lowest BCUT2D eigenvalue weighted by molar-refractivity contribution is 0.0977. The van der Waals surface area contributed by atoms with Gasteiger partial charge < -0.3 is 5.32 Å². The third kappa shape index (κ3) is 3.53. The van der Waals surface area contributed by atoms with E-state index in [0.717, 1.165) is 0 Å². The Morgan fingerprint density at radius 2 is 1.80 bits per heavy atom. The molecule has 20 heavy (non-hydrogen) atoms. The topological polar surface area (TPSA) is 41.1 Å². The Bertz CT molecular complexity index is 629. The average Bonchev–Trinajstić information content (AvgIpc) is 2.44. The van der Waals surface area contributed by atoms with Crippen LogP contribution in [0.2, 0.25) is 5.02 Å². The van der Waals surface area contributed by atoms with Gasteiger partial charge in [0.1, 0.15) is 5.82 Å². The molecule has 0 spiro atoms. The van der Waals surface area contributed by atoms with Crippen LogP contribution in [0.25, 0.3) is 0 Å². The molecule has 0 heterocycles. The molecule has 2 N–H and O–H groups in total. The van der Waals surface area contributed by atoms with Gasteiger partial charge in [0, 0.05) is 5.56 Å². The standard InChI is InChI=1S/C14H10ClFN2OS/c15-10-7-4-8-11(16)12(10)17-14(20)18-13(19)9-5-2-1-3-6-9/h1-8H,(H2,17,18,19,20). The molecule has 1 amide bonds. The van der Waals surface area contributed by atoms with Gasteiger partial charge in [-0.1, -0.05) is 35.9 Å². The van der Waals surface area contributed by atoms with Gasteiger partial charge in [-0.15, -0.1) is 0 Å². The normalized spacial score (nSPS) is 9.90. The van der Waals surface area contributed by atoms with Crippen LogP contribution in [-0.4, -0.2) is 11.0 Å². The fourth-order valence-electron chi connectivity index (χ4n) is 1.53. The largest absolute Gasteiger partial charge is 0.329 e. The number of nitrogens with one attached hydrogen (secondary N) is 2. The molecule has 2 aromatic carbocycles. The lowest BCUT2D eigenvalue weighted by atomic mass is 10.2. The van der Waals surface area contributed by atoms with Gasteiger partial charge in [-0.2, -0.15) is 0 Å². The SMILES string of the molecule is O=C(NC(=S)Nc1c(F)cccc1Cl)c1ccccc1. The number of carbonyl (C=O) groups excluding carboxylic acids is 1. The van der Waals surface area contributed by atoms with Crippen LogP contribution in [0.15, 0.2) is 48.5 Å². The van der Waals surface area contributed by atoms with Gasteiger partial charge in [-0.25, -0.2) is 4.39 Å². The first-order valence-corrected chi connectivity index (χ1v) is 6.48. The summed E-state index contributed by atoms with van der Waals surface area (Å²) in [6.07, 6.45) is 0. The summed E-state index contributed by atoms with van der Waals surface area (Å²) < 4.78 is 13.6. The number of hydrogen-bond acceptors (Lipinski definition) is 2. The molecule has 0 saturated carbocycles. The molecule has 0 saturated heterocycles. The van der Waals surface area contributed by atoms with Gasteiger partial charge in [0.25, 0.3) is 5.91 Å². The third-order valence-corrected chi connectivity index (χ3v) is 2.98. The predicted molar refractivity (Wildman–Crippen MR) is 81.5 cm³/mol. The minimum atomic E-state index is -0.547. The summed E-state index contributed by atoms with van der Waals surface area (Å²) in [5.74, 6) is -0.927. The van der Waals surface area contributed by atoms with E-state index >= 15 is 0 Å². The number of rotatable bonds is 2. The molecule has 0 aliphatic rings. The van der Waals surface area contributed by atoms with E-state index in [9.17, 15) is 9.18 Å². The van der Waals surface area contributed by atoms with Crippen LogP contribution in [0, 0.1) is 5.82 Å². The van der Waals surface area contributed by atoms with Gasteiger partial charge in [0.05, 0.1) is 10.7 Å². The number of hydrogen-bond donors (Lipinski definition) is 2. The molecular formula is C14H10ClFN2OS. The van der Waals surface area contributed by atoms with Crippen LogP contribution < -0.4 is 10.6 Å². The van der Waals surface area contributed by atoms with E-state index in [4.69, 9.17) is 23.8 Å². The molecule has 0 unspecified atom stereocenters. The Hall–Kier alpha value is -1.98. The van der Waals surface area contributed by atoms with Gasteiger partial charge >= 0.3 is 0 Å². The van der Waals surface area contributed by atoms with E-state index in [1.807, 2.05) is 0 Å². The summed E-state index contributed by atoms with van der Waals surface area (Å²) in [7, 11) is 0. The fraction of sp³-hybridized carbons (Fsp3) is 0. The highest BCUT2D eigenvalue weighted by Gasteiger charge is 2.11. The van der Waals surface area contributed by atoms with Crippen molar-refractivity contribution in [1.82, 2.24) is 5.32 Å². The second-order valence-corrected chi connectivity index (χ2v) is 4.69. The Morgan fingerprint density at radius 1 is 1.10 bits per heavy atom. The molecular weight excluding hydrogens is 299 g/mol. The monoisotopic (exact) mass is 308 g/mol. The minimum Gasteiger partial charge on any atom is -0.329 e. The number of thiocarbonyl (C=S) groups is 1. The van der Waals surface area contributed by atoms with Crippen LogP contribution in [0.5, 0.6) is 0 Å². The van der Waals surface area contributed by atoms with Crippen LogP contribution in [0.4, 0.5) is 10.1 Å². The van der Waals surface area contributed by atoms with E-state index < -0.39 is 5.82 Å². The van der Waals surface area contributed by atoms with Crippen molar-refractivity contribution in [2.45, 2.75) is 0 Å². The molecule has 6 heteroatoms. The number of para-hydroxylation sites is 1. The molecule has 3 nitrogen and oxygen atoms in total. The van der Waals surface area contributed by atoms with Crippen molar-refractivity contribution in [3.05, 3.63) is 64.9 Å². The lowest BCUT2D eigenvalue weighted by Gasteiger charge is -2.11. The first-order chi connectivity index (χ1) is 9.58. The zero-order chi connectivity index (χ0) is 14.5. The first-order valence-electron chi connectivity index (χ1n) is 5.69. The van der Waals surface area contributed by atoms with Crippen LogP contribution >= 0.6 is 23.8 Å². The number of halogens is 2. The molecule has 2 aromatic rings. The third-order valence-electron chi connectivity index (χ3n) is 2.46. The zero-order valence-corrected chi connectivity index (χ0v) is 11.8. The fourth-order valence-corrected chi connectivity index (χ4v) is 1.93. The van der Waals surface area contributed by atoms with Gasteiger partial charge in [0.2, 0.25) is 0 Å². The van der Waals surface area contributed by atoms with Crippen LogP contribution in [-0.2, 0) is 0 Å². The summed E-state index contributed by atoms with van der Waals surface area (Å²) in [4.78, 5) is 11.8. The van der Waals surface area contributed by atoms with Crippen molar-refractivity contribution in [1.29, 1.82) is 0 Å². The van der Waals surface area contributed by atoms with E-state index in [1.165, 1.54) is 18.2 Å². The van der Waals surface area contributed by atoms with Gasteiger partial charge in [-0.3, -0.25) is 10.1 Å². The molecule has 0 aliphatic carbocycles. The van der Waals surface area contributed by atoms with Crippen molar-refractivity contribution in [3.63, 3.8) is 0 Å². The maximum Gasteiger partial charge on any atom is 0.257 e. The van der Waals surface area contributed by atoms with Crippen molar-refractivity contribution < 1.29 is 9.18 Å². The van der Waals surface area contributed by atoms with E-state index in [2.05, 4.69) is 10.6 Å². The molecule has 0 atom stereocenters. The summed E-state index contributed by atoms with van der Waals surface area (Å²) in [6, 6.07) is 12.8. The highest BCUT2D eigenvalue weighted by molar-refractivity contribution is 7.80. The summed E-state index contributed by atoms with van der Waals surface area (Å²) in [5, 5.41) is 5.19. The van der Waals surface area contributed by atoms with Gasteiger partial charge in [-0.05, 0) is 36.5 Å². The number of benzene rings is 2. The van der Waals surface area contributed by atoms with E-state index in [0.29, 0.717) is 5.56 Å². The molecule has 0 bridgehead atoms. The van der Waals surface area contributed by atoms with Crippen molar-refractivity contribution in [2.24, 2.45) is 0 Å². The number of amides is 1. The van der Waals surface area contributed by atoms with Gasteiger partial charge in [0.15, 0.2) is 5.11 Å². The summed E-state index contributed by atoms with van der Waals surface area (Å²) in [6.45, 7) is 0. The quantitative estimate of drug-likeness (QED) is 0.833. The Balaban J connectivity index is 2.05. The Kier molecular flexibility index (Phi) is 4.65. The van der Waals surface area contributed by atoms with E-state index in [1.54, 1.807) is 30.3 Å². The second kappa shape index (κ2) is 6.45. The van der Waals surface area contributed by atoms with E-state index in [-0.39, 0.29) is 21.7 Å². The Morgan fingerprint density at radius 3 is 2.45 bits per heavy atom. The number of anilines is 1. The average molecular weight is 309 g/mol. The summed E-state index contributed by atoms with van der Waals surface area (Å²) in [5.41, 5.74) is 0.490. The molecule has 2 rings (SSSR count). The predicted octanol–water partition coefficient (Wildman–Crippen LogP) is 3.61. The molecule has 0 fully saturated rings. The smallest absolute Gasteiger partial charge is 0.257 e. The summed E-state index contributed by atoms with van der Waals surface area (Å²) >= 11 is 10.8. The maximum atomic E-state index is 13.6. The molecule has 0 aliphatic heterocycles. The Labute approximate surface area is 125 Å². The second-order valence-electron chi connectivity index (χ2n) is 3.87. The highest BCUT2D eigenvalue weighted by Crippen LogP contribution is 2.24. The zero-order valence-electron chi connectivity index (χ0n) is 10.2. The first kappa shape index (κ1) is 14.4. The van der Waals surface area contributed by atoms with Crippen LogP contribution in [0.1, 0.15) is 10.4 Å². The van der Waals surface area contributed by atoms with Crippen molar-refractivity contribution in [3.8, 4) is 0 Å². The highest BCUT2D eigenvalue weighted by atomic mass is 35.5. The number of carbonyl (C=O) groups is 1. The lowest BCUT2D eigenvalue weighted by Crippen LogP contribution is -2.34.